The van der Waals surface area contributed by atoms with E-state index >= 15 is 0 Å². The maximum absolute atomic E-state index is 12.3. The Bertz CT molecular complexity index is 382. The summed E-state index contributed by atoms with van der Waals surface area (Å²) < 4.78 is 11.0. The molecule has 3 atom stereocenters. The molecular formula is C12H20N2O3S. The van der Waals surface area contributed by atoms with Gasteiger partial charge in [-0.2, -0.15) is 0 Å². The highest BCUT2D eigenvalue weighted by Gasteiger charge is 2.45. The van der Waals surface area contributed by atoms with Gasteiger partial charge in [-0.05, 0) is 32.1 Å². The first kappa shape index (κ1) is 13.5. The molecule has 1 N–H and O–H groups in total. The molecule has 2 rings (SSSR count). The molecule has 2 amide bonds. The Morgan fingerprint density at radius 1 is 1.39 bits per heavy atom. The average Bonchev–Trinajstić information content (AvgIpc) is 3.12. The minimum Gasteiger partial charge on any atom is -0.342 e. The molecule has 102 valence electrons. The van der Waals surface area contributed by atoms with Gasteiger partial charge in [0.2, 0.25) is 11.8 Å². The zero-order valence-corrected chi connectivity index (χ0v) is 11.7. The van der Waals surface area contributed by atoms with Crippen molar-refractivity contribution < 1.29 is 13.8 Å². The third-order valence-corrected chi connectivity index (χ3v) is 4.48. The lowest BCUT2D eigenvalue weighted by atomic mass is 10.0. The number of carbonyl (C=O) groups excluding carboxylic acids is 2. The number of carbonyl (C=O) groups is 2. The van der Waals surface area contributed by atoms with E-state index in [-0.39, 0.29) is 17.9 Å². The van der Waals surface area contributed by atoms with E-state index < -0.39 is 16.8 Å². The minimum absolute atomic E-state index is 0.0338. The number of hydrogen-bond acceptors (Lipinski definition) is 3. The van der Waals surface area contributed by atoms with Crippen LogP contribution in [0.1, 0.15) is 26.2 Å². The molecule has 0 aromatic carbocycles. The van der Waals surface area contributed by atoms with Gasteiger partial charge >= 0.3 is 0 Å². The van der Waals surface area contributed by atoms with Crippen molar-refractivity contribution in [2.75, 3.05) is 18.6 Å². The summed E-state index contributed by atoms with van der Waals surface area (Å²) in [5, 5.41) is 2.82. The van der Waals surface area contributed by atoms with Crippen LogP contribution < -0.4 is 5.32 Å². The molecule has 3 unspecified atom stereocenters. The smallest absolute Gasteiger partial charge is 0.246 e. The van der Waals surface area contributed by atoms with Crippen molar-refractivity contribution in [3.05, 3.63) is 0 Å². The Morgan fingerprint density at radius 3 is 2.61 bits per heavy atom. The van der Waals surface area contributed by atoms with Crippen molar-refractivity contribution in [3.63, 3.8) is 0 Å². The first-order chi connectivity index (χ1) is 8.50. The molecule has 1 aliphatic heterocycles. The maximum Gasteiger partial charge on any atom is 0.246 e. The van der Waals surface area contributed by atoms with E-state index in [0.717, 1.165) is 12.8 Å². The van der Waals surface area contributed by atoms with E-state index in [1.807, 2.05) is 0 Å². The summed E-state index contributed by atoms with van der Waals surface area (Å²) in [6.07, 6.45) is 4.39. The molecule has 2 aliphatic rings. The number of hydrogen-bond donors (Lipinski definition) is 1. The van der Waals surface area contributed by atoms with Gasteiger partial charge < -0.3 is 10.2 Å². The minimum atomic E-state index is -0.845. The van der Waals surface area contributed by atoms with Crippen molar-refractivity contribution >= 4 is 22.6 Å². The van der Waals surface area contributed by atoms with Gasteiger partial charge in [-0.25, -0.2) is 0 Å². The number of rotatable bonds is 5. The summed E-state index contributed by atoms with van der Waals surface area (Å²) in [6, 6.07) is -0.724. The van der Waals surface area contributed by atoms with Crippen LogP contribution in [0.4, 0.5) is 0 Å². The van der Waals surface area contributed by atoms with Gasteiger partial charge in [-0.1, -0.05) is 0 Å². The molecule has 2 fully saturated rings. The highest BCUT2D eigenvalue weighted by Crippen LogP contribution is 2.35. The van der Waals surface area contributed by atoms with Crippen LogP contribution in [0.3, 0.4) is 0 Å². The Labute approximate surface area is 110 Å². The van der Waals surface area contributed by atoms with Crippen LogP contribution in [0.2, 0.25) is 0 Å². The fourth-order valence-electron chi connectivity index (χ4n) is 2.34. The monoisotopic (exact) mass is 272 g/mol. The number of nitrogens with zero attached hydrogens (tertiary/aromatic N) is 1. The Kier molecular flexibility index (Phi) is 4.04. The third kappa shape index (κ3) is 2.91. The van der Waals surface area contributed by atoms with Gasteiger partial charge in [-0.3, -0.25) is 13.8 Å². The number of nitrogens with one attached hydrogen (secondary N) is 1. The summed E-state index contributed by atoms with van der Waals surface area (Å²) in [5.74, 6) is 0.874. The van der Waals surface area contributed by atoms with Crippen molar-refractivity contribution in [2.45, 2.75) is 38.3 Å². The number of piperazine rings is 1. The van der Waals surface area contributed by atoms with Crippen LogP contribution in [0, 0.1) is 5.92 Å². The SMILES string of the molecule is CC1C(=O)NC(C2CC2)C(=O)N1CCCS(C)=O. The van der Waals surface area contributed by atoms with E-state index in [1.165, 1.54) is 0 Å². The quantitative estimate of drug-likeness (QED) is 0.759. The van der Waals surface area contributed by atoms with Crippen LogP contribution in [-0.2, 0) is 20.4 Å². The zero-order chi connectivity index (χ0) is 13.3. The zero-order valence-electron chi connectivity index (χ0n) is 10.8. The molecule has 0 radical (unpaired) electrons. The van der Waals surface area contributed by atoms with E-state index in [9.17, 15) is 13.8 Å². The molecule has 1 heterocycles. The predicted molar refractivity (Wildman–Crippen MR) is 69.4 cm³/mol. The molecular weight excluding hydrogens is 252 g/mol. The van der Waals surface area contributed by atoms with Crippen molar-refractivity contribution in [1.82, 2.24) is 10.2 Å². The van der Waals surface area contributed by atoms with E-state index in [0.29, 0.717) is 24.6 Å². The van der Waals surface area contributed by atoms with Crippen molar-refractivity contribution in [2.24, 2.45) is 5.92 Å². The molecule has 6 heteroatoms. The normalized spacial score (nSPS) is 30.2. The molecule has 5 nitrogen and oxygen atoms in total. The second-order valence-electron chi connectivity index (χ2n) is 5.16. The lowest BCUT2D eigenvalue weighted by molar-refractivity contribution is -0.149. The van der Waals surface area contributed by atoms with Crippen molar-refractivity contribution in [1.29, 1.82) is 0 Å². The summed E-state index contributed by atoms with van der Waals surface area (Å²) in [5.41, 5.74) is 0. The van der Waals surface area contributed by atoms with Gasteiger partial charge in [0, 0.05) is 29.4 Å². The van der Waals surface area contributed by atoms with Crippen LogP contribution in [0.15, 0.2) is 0 Å². The van der Waals surface area contributed by atoms with Crippen LogP contribution in [0.25, 0.3) is 0 Å². The van der Waals surface area contributed by atoms with E-state index in [1.54, 1.807) is 18.1 Å². The standard InChI is InChI=1S/C12H20N2O3S/c1-8-11(15)13-10(9-4-5-9)12(16)14(8)6-3-7-18(2)17/h8-10H,3-7H2,1-2H3,(H,13,15). The van der Waals surface area contributed by atoms with Crippen LogP contribution in [-0.4, -0.2) is 51.6 Å². The molecule has 1 saturated heterocycles. The average molecular weight is 272 g/mol. The first-order valence-electron chi connectivity index (χ1n) is 6.41. The molecule has 0 aromatic heterocycles. The van der Waals surface area contributed by atoms with Gasteiger partial charge in [0.05, 0.1) is 0 Å². The Hall–Kier alpha value is -0.910. The van der Waals surface area contributed by atoms with Gasteiger partial charge in [0.25, 0.3) is 0 Å². The fourth-order valence-corrected chi connectivity index (χ4v) is 2.87. The van der Waals surface area contributed by atoms with E-state index in [2.05, 4.69) is 5.32 Å². The third-order valence-electron chi connectivity index (χ3n) is 3.62. The summed E-state index contributed by atoms with van der Waals surface area (Å²) in [6.45, 7) is 2.27. The summed E-state index contributed by atoms with van der Waals surface area (Å²) in [7, 11) is -0.845. The molecule has 1 aliphatic carbocycles. The lowest BCUT2D eigenvalue weighted by Gasteiger charge is -2.37. The largest absolute Gasteiger partial charge is 0.342 e. The molecule has 1 saturated carbocycles. The molecule has 0 spiro atoms. The van der Waals surface area contributed by atoms with Gasteiger partial charge in [0.1, 0.15) is 12.1 Å². The Balaban J connectivity index is 1.97. The molecule has 18 heavy (non-hydrogen) atoms. The lowest BCUT2D eigenvalue weighted by Crippen LogP contribution is -2.63. The molecule has 0 aromatic rings. The second kappa shape index (κ2) is 5.38. The summed E-state index contributed by atoms with van der Waals surface area (Å²) in [4.78, 5) is 25.7. The van der Waals surface area contributed by atoms with E-state index in [4.69, 9.17) is 0 Å². The second-order valence-corrected chi connectivity index (χ2v) is 6.72. The highest BCUT2D eigenvalue weighted by atomic mass is 32.2. The predicted octanol–water partition coefficient (Wildman–Crippen LogP) is -0.120. The summed E-state index contributed by atoms with van der Waals surface area (Å²) >= 11 is 0. The van der Waals surface area contributed by atoms with Crippen LogP contribution in [0.5, 0.6) is 0 Å². The first-order valence-corrected chi connectivity index (χ1v) is 8.14. The Morgan fingerprint density at radius 2 is 2.06 bits per heavy atom. The molecule has 0 bridgehead atoms. The number of amides is 2. The van der Waals surface area contributed by atoms with Gasteiger partial charge in [-0.15, -0.1) is 0 Å². The highest BCUT2D eigenvalue weighted by molar-refractivity contribution is 7.84. The maximum atomic E-state index is 12.3. The topological polar surface area (TPSA) is 66.5 Å². The van der Waals surface area contributed by atoms with Crippen LogP contribution >= 0.6 is 0 Å². The van der Waals surface area contributed by atoms with Crippen molar-refractivity contribution in [3.8, 4) is 0 Å². The fraction of sp³-hybridized carbons (Fsp3) is 0.833. The van der Waals surface area contributed by atoms with Gasteiger partial charge in [0.15, 0.2) is 0 Å².